The fraction of sp³-hybridized carbons (Fsp3) is 0.457. The van der Waals surface area contributed by atoms with Gasteiger partial charge in [-0.15, -0.1) is 0 Å². The Morgan fingerprint density at radius 2 is 1.62 bits per heavy atom. The Balaban J connectivity index is 0.000000382. The van der Waals surface area contributed by atoms with Gasteiger partial charge in [-0.25, -0.2) is 0 Å². The maximum atomic E-state index is 10.1. The van der Waals surface area contributed by atoms with Gasteiger partial charge in [0.25, 0.3) is 0 Å². The van der Waals surface area contributed by atoms with Crippen LogP contribution in [0.25, 0.3) is 0 Å². The summed E-state index contributed by atoms with van der Waals surface area (Å²) in [5.74, 6) is 0.809. The van der Waals surface area contributed by atoms with Gasteiger partial charge in [-0.2, -0.15) is 0 Å². The van der Waals surface area contributed by atoms with E-state index in [0.29, 0.717) is 17.6 Å². The number of benzene rings is 3. The Labute approximate surface area is 249 Å². The minimum Gasteiger partial charge on any atom is -0.508 e. The van der Waals surface area contributed by atoms with Gasteiger partial charge in [-0.3, -0.25) is 4.79 Å². The molecule has 3 atom stereocenters. The lowest BCUT2D eigenvalue weighted by molar-refractivity contribution is -0.141. The van der Waals surface area contributed by atoms with Gasteiger partial charge >= 0.3 is 5.97 Å². The molecule has 42 heavy (non-hydrogen) atoms. The molecule has 3 aromatic carbocycles. The standard InChI is InChI=1S/C30H35NO3.C5H9NO2/c1-33-30(34-2)23-16-18-31(19-17-23)25-11-8-22(9-12-25)29-27(21-6-4-3-5-7-21)14-10-24-20-26(32)13-15-28(24)29;7-5(8)4-2-1-3-6-4/h3-9,11-13,15,20,23,27,29-30,32H,10,14,16-19H2,1-2H3;4,6H,1-3H2,(H,7,8)/t27-,29+;4-/m11/s1. The highest BCUT2D eigenvalue weighted by Crippen LogP contribution is 2.47. The van der Waals surface area contributed by atoms with Crippen LogP contribution in [0.5, 0.6) is 5.75 Å². The molecule has 2 fully saturated rings. The molecule has 0 aromatic heterocycles. The van der Waals surface area contributed by atoms with Gasteiger partial charge in [0.15, 0.2) is 6.29 Å². The number of carbonyl (C=O) groups is 1. The molecule has 224 valence electrons. The van der Waals surface area contributed by atoms with Crippen molar-refractivity contribution >= 4 is 11.7 Å². The summed E-state index contributed by atoms with van der Waals surface area (Å²) in [7, 11) is 3.46. The lowest BCUT2D eigenvalue weighted by atomic mass is 9.69. The molecule has 0 radical (unpaired) electrons. The summed E-state index contributed by atoms with van der Waals surface area (Å²) in [6, 6.07) is 25.8. The van der Waals surface area contributed by atoms with Crippen molar-refractivity contribution in [2.75, 3.05) is 38.8 Å². The van der Waals surface area contributed by atoms with Gasteiger partial charge in [-0.1, -0.05) is 48.5 Å². The molecule has 2 aliphatic heterocycles. The summed E-state index contributed by atoms with van der Waals surface area (Å²) in [4.78, 5) is 12.6. The number of carboxylic acids is 1. The van der Waals surface area contributed by atoms with Crippen LogP contribution in [0.2, 0.25) is 0 Å². The Morgan fingerprint density at radius 1 is 0.905 bits per heavy atom. The molecule has 7 nitrogen and oxygen atoms in total. The molecule has 0 spiro atoms. The lowest BCUT2D eigenvalue weighted by Gasteiger charge is -2.37. The predicted molar refractivity (Wildman–Crippen MR) is 165 cm³/mol. The Bertz CT molecular complexity index is 1280. The van der Waals surface area contributed by atoms with Gasteiger partial charge in [0.1, 0.15) is 11.8 Å². The van der Waals surface area contributed by atoms with Crippen molar-refractivity contribution in [1.29, 1.82) is 0 Å². The first kappa shape index (κ1) is 30.1. The molecule has 0 amide bonds. The second-order valence-corrected chi connectivity index (χ2v) is 11.7. The monoisotopic (exact) mass is 572 g/mol. The van der Waals surface area contributed by atoms with Gasteiger partial charge in [0, 0.05) is 44.8 Å². The van der Waals surface area contributed by atoms with Crippen molar-refractivity contribution in [1.82, 2.24) is 5.32 Å². The van der Waals surface area contributed by atoms with E-state index in [-0.39, 0.29) is 18.2 Å². The van der Waals surface area contributed by atoms with Crippen molar-refractivity contribution in [2.45, 2.75) is 62.7 Å². The number of aromatic hydroxyl groups is 1. The number of piperidine rings is 1. The molecule has 2 heterocycles. The van der Waals surface area contributed by atoms with Gasteiger partial charge < -0.3 is 29.9 Å². The summed E-state index contributed by atoms with van der Waals surface area (Å²) in [5.41, 5.74) is 6.64. The van der Waals surface area contributed by atoms with Crippen LogP contribution in [0.15, 0.2) is 72.8 Å². The summed E-state index contributed by atoms with van der Waals surface area (Å²) in [5, 5.41) is 21.3. The number of fused-ring (bicyclic) bond motifs is 1. The first-order chi connectivity index (χ1) is 20.5. The zero-order valence-electron chi connectivity index (χ0n) is 24.7. The number of ether oxygens (including phenoxy) is 2. The van der Waals surface area contributed by atoms with Crippen molar-refractivity contribution in [3.05, 3.63) is 95.1 Å². The molecular formula is C35H44N2O5. The fourth-order valence-corrected chi connectivity index (χ4v) is 6.98. The molecule has 1 aliphatic carbocycles. The fourth-order valence-electron chi connectivity index (χ4n) is 6.98. The lowest BCUT2D eigenvalue weighted by Crippen LogP contribution is -2.39. The molecule has 2 saturated heterocycles. The number of phenolic OH excluding ortho intramolecular Hbond substituents is 1. The number of methoxy groups -OCH3 is 2. The van der Waals surface area contributed by atoms with Gasteiger partial charge in [0.2, 0.25) is 0 Å². The molecule has 0 unspecified atom stereocenters. The van der Waals surface area contributed by atoms with Crippen LogP contribution in [-0.4, -0.2) is 62.4 Å². The van der Waals surface area contributed by atoms with E-state index in [1.807, 2.05) is 12.1 Å². The normalized spacial score (nSPS) is 22.4. The number of phenols is 1. The summed E-state index contributed by atoms with van der Waals surface area (Å²) < 4.78 is 11.0. The minimum absolute atomic E-state index is 0.106. The third-order valence-electron chi connectivity index (χ3n) is 9.18. The average molecular weight is 573 g/mol. The van der Waals surface area contributed by atoms with E-state index in [0.717, 1.165) is 58.2 Å². The van der Waals surface area contributed by atoms with Crippen molar-refractivity contribution in [3.8, 4) is 5.75 Å². The third kappa shape index (κ3) is 6.97. The minimum atomic E-state index is -0.720. The molecule has 3 aromatic rings. The van der Waals surface area contributed by atoms with E-state index in [9.17, 15) is 9.90 Å². The molecule has 0 bridgehead atoms. The summed E-state index contributed by atoms with van der Waals surface area (Å²) >= 11 is 0. The van der Waals surface area contributed by atoms with Crippen LogP contribution in [0.1, 0.15) is 66.2 Å². The molecule has 3 aliphatic rings. The quantitative estimate of drug-likeness (QED) is 0.303. The maximum absolute atomic E-state index is 10.1. The van der Waals surface area contributed by atoms with Gasteiger partial charge in [-0.05, 0) is 97.5 Å². The number of aliphatic carboxylic acids is 1. The van der Waals surface area contributed by atoms with Crippen LogP contribution in [0, 0.1) is 5.92 Å². The predicted octanol–water partition coefficient (Wildman–Crippen LogP) is 5.91. The number of carboxylic acid groups (broad SMARTS) is 1. The highest BCUT2D eigenvalue weighted by Gasteiger charge is 2.32. The highest BCUT2D eigenvalue weighted by atomic mass is 16.7. The number of aryl methyl sites for hydroxylation is 1. The molecule has 7 heteroatoms. The number of hydrogen-bond donors (Lipinski definition) is 3. The van der Waals surface area contributed by atoms with E-state index in [4.69, 9.17) is 14.6 Å². The number of hydrogen-bond acceptors (Lipinski definition) is 6. The molecule has 6 rings (SSSR count). The van der Waals surface area contributed by atoms with E-state index in [2.05, 4.69) is 70.9 Å². The Hall–Kier alpha value is -3.39. The highest BCUT2D eigenvalue weighted by molar-refractivity contribution is 5.73. The van der Waals surface area contributed by atoms with Crippen molar-refractivity contribution < 1.29 is 24.5 Å². The van der Waals surface area contributed by atoms with Gasteiger partial charge in [0.05, 0.1) is 0 Å². The number of anilines is 1. The van der Waals surface area contributed by atoms with Crippen LogP contribution in [0.4, 0.5) is 5.69 Å². The third-order valence-corrected chi connectivity index (χ3v) is 9.18. The second kappa shape index (κ2) is 14.2. The van der Waals surface area contributed by atoms with Crippen molar-refractivity contribution in [2.24, 2.45) is 5.92 Å². The molecule has 3 N–H and O–H groups in total. The van der Waals surface area contributed by atoms with E-state index in [1.54, 1.807) is 14.2 Å². The van der Waals surface area contributed by atoms with Crippen LogP contribution in [-0.2, 0) is 20.7 Å². The van der Waals surface area contributed by atoms with Crippen LogP contribution < -0.4 is 10.2 Å². The second-order valence-electron chi connectivity index (χ2n) is 11.7. The zero-order valence-corrected chi connectivity index (χ0v) is 24.7. The van der Waals surface area contributed by atoms with Crippen LogP contribution in [0.3, 0.4) is 0 Å². The van der Waals surface area contributed by atoms with E-state index < -0.39 is 5.97 Å². The summed E-state index contributed by atoms with van der Waals surface area (Å²) in [6.45, 7) is 2.90. The maximum Gasteiger partial charge on any atom is 0.320 e. The van der Waals surface area contributed by atoms with Crippen molar-refractivity contribution in [3.63, 3.8) is 0 Å². The molecular weight excluding hydrogens is 528 g/mol. The number of rotatable bonds is 7. The average Bonchev–Trinajstić information content (AvgIpc) is 3.58. The number of nitrogens with zero attached hydrogens (tertiary/aromatic N) is 1. The molecule has 0 saturated carbocycles. The smallest absolute Gasteiger partial charge is 0.320 e. The first-order valence-corrected chi connectivity index (χ1v) is 15.2. The first-order valence-electron chi connectivity index (χ1n) is 15.2. The largest absolute Gasteiger partial charge is 0.508 e. The van der Waals surface area contributed by atoms with Crippen LogP contribution >= 0.6 is 0 Å². The van der Waals surface area contributed by atoms with E-state index in [1.165, 1.54) is 27.9 Å². The Morgan fingerprint density at radius 3 is 2.21 bits per heavy atom. The number of nitrogens with one attached hydrogen (secondary N) is 1. The topological polar surface area (TPSA) is 91.3 Å². The SMILES string of the molecule is COC(OC)C1CCN(c2ccc([C@@H]3c4ccc(O)cc4CC[C@@H]3c3ccccc3)cc2)CC1.O=C(O)[C@H]1CCCN1. The van der Waals surface area contributed by atoms with E-state index >= 15 is 0 Å². The summed E-state index contributed by atoms with van der Waals surface area (Å²) in [6.07, 6.45) is 5.90. The Kier molecular flexibility index (Phi) is 10.2. The zero-order chi connectivity index (χ0) is 29.5.